The lowest BCUT2D eigenvalue weighted by Gasteiger charge is -2.33. The molecule has 3 aromatic carbocycles. The van der Waals surface area contributed by atoms with Crippen molar-refractivity contribution < 1.29 is 13.9 Å². The summed E-state index contributed by atoms with van der Waals surface area (Å²) >= 11 is 0. The van der Waals surface area contributed by atoms with Gasteiger partial charge in [0.1, 0.15) is 11.5 Å². The Morgan fingerprint density at radius 2 is 0.957 bits per heavy atom. The van der Waals surface area contributed by atoms with Gasteiger partial charge in [0.05, 0.1) is 5.56 Å². The van der Waals surface area contributed by atoms with Crippen molar-refractivity contribution in [3.8, 4) is 11.5 Å². The van der Waals surface area contributed by atoms with Gasteiger partial charge in [-0.15, -0.1) is 0 Å². The van der Waals surface area contributed by atoms with Crippen LogP contribution in [0.25, 0.3) is 0 Å². The number of benzene rings is 3. The number of hydrogen-bond acceptors (Lipinski definition) is 3. The summed E-state index contributed by atoms with van der Waals surface area (Å²) in [6.07, 6.45) is 0. The molecule has 0 amide bonds. The first-order valence-electron chi connectivity index (χ1n) is 7.41. The lowest BCUT2D eigenvalue weighted by molar-refractivity contribution is -0.262. The molecule has 0 heterocycles. The summed E-state index contributed by atoms with van der Waals surface area (Å²) in [6, 6.07) is 28.8. The van der Waals surface area contributed by atoms with Crippen LogP contribution in [-0.2, 0) is 10.4 Å². The predicted octanol–water partition coefficient (Wildman–Crippen LogP) is 3.25. The van der Waals surface area contributed by atoms with Crippen molar-refractivity contribution >= 4 is 10.5 Å². The van der Waals surface area contributed by atoms with Gasteiger partial charge in [-0.25, -0.2) is 0 Å². The molecule has 3 nitrogen and oxygen atoms in total. The van der Waals surface area contributed by atoms with Crippen molar-refractivity contribution in [1.29, 1.82) is 0 Å². The molecule has 0 atom stereocenters. The molecule has 116 valence electrons. The molecule has 0 N–H and O–H groups in total. The van der Waals surface area contributed by atoms with Gasteiger partial charge in [-0.05, 0) is 36.4 Å². The molecule has 0 saturated carbocycles. The van der Waals surface area contributed by atoms with Crippen LogP contribution in [0.4, 0.5) is 0 Å². The third kappa shape index (κ3) is 3.61. The lowest BCUT2D eigenvalue weighted by atomic mass is 10.2. The molecule has 0 aromatic heterocycles. The molecule has 0 bridgehead atoms. The minimum absolute atomic E-state index is 0.452. The van der Waals surface area contributed by atoms with Crippen molar-refractivity contribution in [2.24, 2.45) is 0 Å². The minimum Gasteiger partial charge on any atom is -0.427 e. The van der Waals surface area contributed by atoms with Crippen molar-refractivity contribution in [1.82, 2.24) is 0 Å². The Bertz CT molecular complexity index is 676. The SMILES string of the molecule is [SiH3]OC(Oc1ccccc1)(Oc1ccccc1)c1ccccc1. The highest BCUT2D eigenvalue weighted by Gasteiger charge is 2.37. The van der Waals surface area contributed by atoms with Crippen molar-refractivity contribution in [2.75, 3.05) is 0 Å². The van der Waals surface area contributed by atoms with Crippen molar-refractivity contribution in [3.63, 3.8) is 0 Å². The first-order valence-corrected chi connectivity index (χ1v) is 8.23. The number of hydrogen-bond donors (Lipinski definition) is 0. The quantitative estimate of drug-likeness (QED) is 0.515. The van der Waals surface area contributed by atoms with E-state index in [-0.39, 0.29) is 0 Å². The first kappa shape index (κ1) is 15.3. The molecule has 0 aliphatic rings. The molecular formula is C19H18O3Si. The zero-order chi connectivity index (χ0) is 16.0. The normalized spacial score (nSPS) is 11.1. The Morgan fingerprint density at radius 1 is 0.565 bits per heavy atom. The van der Waals surface area contributed by atoms with E-state index in [4.69, 9.17) is 13.9 Å². The molecule has 0 spiro atoms. The second-order valence-electron chi connectivity index (χ2n) is 4.96. The number of ether oxygens (including phenoxy) is 2. The van der Waals surface area contributed by atoms with E-state index in [9.17, 15) is 0 Å². The Balaban J connectivity index is 2.00. The fraction of sp³-hybridized carbons (Fsp3) is 0.0526. The molecule has 3 aromatic rings. The summed E-state index contributed by atoms with van der Waals surface area (Å²) in [5.41, 5.74) is 0.808. The van der Waals surface area contributed by atoms with Crippen LogP contribution >= 0.6 is 0 Å². The maximum absolute atomic E-state index is 6.13. The highest BCUT2D eigenvalue weighted by molar-refractivity contribution is 5.98. The number of rotatable bonds is 6. The third-order valence-corrected chi connectivity index (χ3v) is 3.92. The average molecular weight is 322 g/mol. The van der Waals surface area contributed by atoms with Gasteiger partial charge >= 0.3 is 5.97 Å². The molecule has 0 aliphatic carbocycles. The van der Waals surface area contributed by atoms with Gasteiger partial charge in [0.25, 0.3) is 0 Å². The highest BCUT2D eigenvalue weighted by Crippen LogP contribution is 2.32. The van der Waals surface area contributed by atoms with Crippen LogP contribution < -0.4 is 9.47 Å². The van der Waals surface area contributed by atoms with E-state index in [1.165, 1.54) is 0 Å². The lowest BCUT2D eigenvalue weighted by Crippen LogP contribution is -2.41. The van der Waals surface area contributed by atoms with Crippen LogP contribution in [0.1, 0.15) is 5.56 Å². The van der Waals surface area contributed by atoms with E-state index in [1.807, 2.05) is 91.0 Å². The number of para-hydroxylation sites is 2. The first-order chi connectivity index (χ1) is 11.3. The van der Waals surface area contributed by atoms with E-state index in [0.29, 0.717) is 22.0 Å². The molecule has 4 heteroatoms. The van der Waals surface area contributed by atoms with Crippen LogP contribution in [0.15, 0.2) is 91.0 Å². The Morgan fingerprint density at radius 3 is 1.35 bits per heavy atom. The van der Waals surface area contributed by atoms with Gasteiger partial charge in [-0.2, -0.15) is 0 Å². The van der Waals surface area contributed by atoms with Gasteiger partial charge in [-0.3, -0.25) is 0 Å². The maximum Gasteiger partial charge on any atom is 0.391 e. The zero-order valence-electron chi connectivity index (χ0n) is 12.9. The van der Waals surface area contributed by atoms with E-state index >= 15 is 0 Å². The second-order valence-corrected chi connectivity index (χ2v) is 5.36. The van der Waals surface area contributed by atoms with Gasteiger partial charge in [0.15, 0.2) is 10.5 Å². The summed E-state index contributed by atoms with van der Waals surface area (Å²) in [4.78, 5) is 0. The molecule has 23 heavy (non-hydrogen) atoms. The van der Waals surface area contributed by atoms with E-state index in [2.05, 4.69) is 0 Å². The summed E-state index contributed by atoms with van der Waals surface area (Å²) < 4.78 is 18.1. The van der Waals surface area contributed by atoms with Crippen molar-refractivity contribution in [3.05, 3.63) is 96.6 Å². The van der Waals surface area contributed by atoms with Crippen LogP contribution in [-0.4, -0.2) is 10.5 Å². The minimum atomic E-state index is -1.30. The van der Waals surface area contributed by atoms with E-state index in [1.54, 1.807) is 0 Å². The largest absolute Gasteiger partial charge is 0.427 e. The Hall–Kier alpha value is -2.56. The van der Waals surface area contributed by atoms with Crippen LogP contribution in [0, 0.1) is 0 Å². The van der Waals surface area contributed by atoms with E-state index in [0.717, 1.165) is 5.56 Å². The molecular weight excluding hydrogens is 304 g/mol. The van der Waals surface area contributed by atoms with Gasteiger partial charge in [0.2, 0.25) is 0 Å². The fourth-order valence-electron chi connectivity index (χ4n) is 2.27. The summed E-state index contributed by atoms with van der Waals surface area (Å²) in [5.74, 6) is 0.0715. The fourth-order valence-corrected chi connectivity index (χ4v) is 2.67. The third-order valence-electron chi connectivity index (χ3n) is 3.39. The van der Waals surface area contributed by atoms with Gasteiger partial charge < -0.3 is 13.9 Å². The molecule has 0 radical (unpaired) electrons. The second kappa shape index (κ2) is 7.13. The van der Waals surface area contributed by atoms with Gasteiger partial charge in [-0.1, -0.05) is 54.6 Å². The van der Waals surface area contributed by atoms with Gasteiger partial charge in [0, 0.05) is 0 Å². The molecule has 0 saturated heterocycles. The zero-order valence-corrected chi connectivity index (χ0v) is 14.9. The standard InChI is InChI=1S/C19H18O3Si/c23-22-19(16-10-4-1-5-11-16,20-17-12-6-2-7-13-17)21-18-14-8-3-9-15-18/h1-15H,23H3. The topological polar surface area (TPSA) is 27.7 Å². The van der Waals surface area contributed by atoms with Crippen LogP contribution in [0.2, 0.25) is 0 Å². The molecule has 0 unspecified atom stereocenters. The van der Waals surface area contributed by atoms with Crippen LogP contribution in [0.5, 0.6) is 11.5 Å². The average Bonchev–Trinajstić information content (AvgIpc) is 2.63. The summed E-state index contributed by atoms with van der Waals surface area (Å²) in [7, 11) is 0.452. The maximum atomic E-state index is 6.13. The predicted molar refractivity (Wildman–Crippen MR) is 93.3 cm³/mol. The Labute approximate surface area is 139 Å². The molecule has 3 rings (SSSR count). The van der Waals surface area contributed by atoms with Crippen LogP contribution in [0.3, 0.4) is 0 Å². The summed E-state index contributed by atoms with van der Waals surface area (Å²) in [6.45, 7) is 0. The monoisotopic (exact) mass is 322 g/mol. The molecule has 0 aliphatic heterocycles. The Kier molecular flexibility index (Phi) is 4.76. The van der Waals surface area contributed by atoms with Crippen molar-refractivity contribution in [2.45, 2.75) is 5.97 Å². The smallest absolute Gasteiger partial charge is 0.391 e. The molecule has 0 fully saturated rings. The highest BCUT2D eigenvalue weighted by atomic mass is 28.2. The van der Waals surface area contributed by atoms with E-state index < -0.39 is 5.97 Å². The summed E-state index contributed by atoms with van der Waals surface area (Å²) in [5, 5.41) is 0.